The summed E-state index contributed by atoms with van der Waals surface area (Å²) in [4.78, 5) is 24.0. The lowest BCUT2D eigenvalue weighted by molar-refractivity contribution is 0.0983. The molecule has 9 nitrogen and oxygen atoms in total. The molecule has 0 bridgehead atoms. The topological polar surface area (TPSA) is 88.5 Å². The highest BCUT2D eigenvalue weighted by Crippen LogP contribution is 2.32. The molecule has 0 spiro atoms. The van der Waals surface area contributed by atoms with E-state index in [4.69, 9.17) is 19.4 Å². The van der Waals surface area contributed by atoms with Gasteiger partial charge in [-0.15, -0.1) is 0 Å². The molecule has 212 valence electrons. The fourth-order valence-electron chi connectivity index (χ4n) is 5.33. The van der Waals surface area contributed by atoms with E-state index in [0.717, 1.165) is 66.8 Å². The molecule has 2 aromatic carbocycles. The summed E-state index contributed by atoms with van der Waals surface area (Å²) in [5.74, 6) is 2.81. The number of hydrogen-bond donors (Lipinski definition) is 1. The zero-order chi connectivity index (χ0) is 28.2. The minimum Gasteiger partial charge on any atom is -0.473 e. The van der Waals surface area contributed by atoms with Gasteiger partial charge in [-0.2, -0.15) is 4.98 Å². The van der Waals surface area contributed by atoms with E-state index in [-0.39, 0.29) is 6.04 Å². The first-order valence-electron chi connectivity index (χ1n) is 14.4. The predicted molar refractivity (Wildman–Crippen MR) is 160 cm³/mol. The molecule has 2 aliphatic heterocycles. The second-order valence-corrected chi connectivity index (χ2v) is 10.9. The summed E-state index contributed by atoms with van der Waals surface area (Å²) in [6, 6.07) is 20.7. The second kappa shape index (κ2) is 12.2. The van der Waals surface area contributed by atoms with Crippen LogP contribution in [-0.4, -0.2) is 63.2 Å². The number of fused-ring (bicyclic) bond motifs is 1. The van der Waals surface area contributed by atoms with Gasteiger partial charge in [-0.3, -0.25) is 4.90 Å². The molecule has 2 aromatic heterocycles. The molecule has 0 amide bonds. The van der Waals surface area contributed by atoms with Crippen LogP contribution in [0, 0.1) is 0 Å². The Bertz CT molecular complexity index is 1460. The summed E-state index contributed by atoms with van der Waals surface area (Å²) >= 11 is 0. The Morgan fingerprint density at radius 2 is 1.83 bits per heavy atom. The van der Waals surface area contributed by atoms with Crippen molar-refractivity contribution in [2.45, 2.75) is 52.4 Å². The number of anilines is 3. The Kier molecular flexibility index (Phi) is 8.07. The van der Waals surface area contributed by atoms with E-state index in [1.165, 1.54) is 5.56 Å². The number of nitrogens with zero attached hydrogens (tertiary/aromatic N) is 6. The fraction of sp³-hybridized carbons (Fsp3) is 0.375. The highest BCUT2D eigenvalue weighted by Gasteiger charge is 2.29. The van der Waals surface area contributed by atoms with Gasteiger partial charge in [-0.1, -0.05) is 30.3 Å². The smallest absolute Gasteiger partial charge is 0.230 e. The second-order valence-electron chi connectivity index (χ2n) is 10.9. The van der Waals surface area contributed by atoms with Gasteiger partial charge in [0, 0.05) is 54.8 Å². The van der Waals surface area contributed by atoms with Crippen LogP contribution < -0.4 is 15.0 Å². The van der Waals surface area contributed by atoms with Gasteiger partial charge in [0.25, 0.3) is 0 Å². The third-order valence-corrected chi connectivity index (χ3v) is 7.70. The number of benzene rings is 2. The number of morpholine rings is 1. The van der Waals surface area contributed by atoms with E-state index in [1.54, 1.807) is 12.3 Å². The highest BCUT2D eigenvalue weighted by atomic mass is 16.5. The van der Waals surface area contributed by atoms with Crippen molar-refractivity contribution in [3.63, 3.8) is 0 Å². The van der Waals surface area contributed by atoms with E-state index in [2.05, 4.69) is 58.0 Å². The molecular weight excluding hydrogens is 514 g/mol. The number of hydrogen-bond acceptors (Lipinski definition) is 9. The van der Waals surface area contributed by atoms with Crippen molar-refractivity contribution in [1.82, 2.24) is 24.8 Å². The molecule has 41 heavy (non-hydrogen) atoms. The Labute approximate surface area is 241 Å². The quantitative estimate of drug-likeness (QED) is 0.315. The first kappa shape index (κ1) is 27.1. The average molecular weight is 552 g/mol. The molecule has 1 atom stereocenters. The molecule has 2 aliphatic rings. The Morgan fingerprint density at radius 3 is 2.61 bits per heavy atom. The van der Waals surface area contributed by atoms with Crippen LogP contribution in [0.15, 0.2) is 66.9 Å². The van der Waals surface area contributed by atoms with E-state index >= 15 is 0 Å². The van der Waals surface area contributed by atoms with Crippen LogP contribution >= 0.6 is 0 Å². The fourth-order valence-corrected chi connectivity index (χ4v) is 5.33. The maximum absolute atomic E-state index is 5.86. The van der Waals surface area contributed by atoms with Gasteiger partial charge in [0.05, 0.1) is 24.9 Å². The van der Waals surface area contributed by atoms with Crippen LogP contribution in [0.4, 0.5) is 17.5 Å². The van der Waals surface area contributed by atoms with Gasteiger partial charge in [-0.25, -0.2) is 15.0 Å². The maximum Gasteiger partial charge on any atom is 0.230 e. The summed E-state index contributed by atoms with van der Waals surface area (Å²) in [5, 5.41) is 3.29. The largest absolute Gasteiger partial charge is 0.473 e. The molecule has 0 saturated carbocycles. The Morgan fingerprint density at radius 1 is 1.00 bits per heavy atom. The molecule has 1 unspecified atom stereocenters. The molecule has 1 N–H and O–H groups in total. The number of ether oxygens (including phenoxy) is 2. The van der Waals surface area contributed by atoms with E-state index in [1.807, 2.05) is 42.5 Å². The standard InChI is InChI=1S/C32H37N7O2/c1-22(2)38-16-14-27-28(19-38)35-30(37-31(27)39-17-18-40-20-23(39)3)25-9-11-26(12-10-25)34-32-33-15-13-29(36-32)41-21-24-7-5-4-6-8-24/h4-13,15,22-23H,14,16-21H2,1-3H3,(H,33,34,36). The summed E-state index contributed by atoms with van der Waals surface area (Å²) in [6.07, 6.45) is 2.66. The van der Waals surface area contributed by atoms with Crippen molar-refractivity contribution in [3.8, 4) is 17.3 Å². The van der Waals surface area contributed by atoms with Gasteiger partial charge >= 0.3 is 0 Å². The van der Waals surface area contributed by atoms with Gasteiger partial charge in [-0.05, 0) is 57.0 Å². The zero-order valence-corrected chi connectivity index (χ0v) is 24.0. The molecule has 1 fully saturated rings. The van der Waals surface area contributed by atoms with Crippen molar-refractivity contribution >= 4 is 17.5 Å². The van der Waals surface area contributed by atoms with Crippen LogP contribution in [0.1, 0.15) is 37.6 Å². The summed E-state index contributed by atoms with van der Waals surface area (Å²) in [5.41, 5.74) is 5.35. The highest BCUT2D eigenvalue weighted by molar-refractivity contribution is 5.65. The third kappa shape index (κ3) is 6.31. The first-order chi connectivity index (χ1) is 20.0. The van der Waals surface area contributed by atoms with Gasteiger partial charge in [0.15, 0.2) is 5.82 Å². The van der Waals surface area contributed by atoms with Gasteiger partial charge < -0.3 is 19.7 Å². The molecule has 4 aromatic rings. The van der Waals surface area contributed by atoms with Crippen molar-refractivity contribution in [3.05, 3.63) is 83.7 Å². The monoisotopic (exact) mass is 551 g/mol. The van der Waals surface area contributed by atoms with Gasteiger partial charge in [0.1, 0.15) is 12.4 Å². The maximum atomic E-state index is 5.86. The van der Waals surface area contributed by atoms with Crippen molar-refractivity contribution in [1.29, 1.82) is 0 Å². The molecule has 0 radical (unpaired) electrons. The number of rotatable bonds is 8. The van der Waals surface area contributed by atoms with Crippen LogP contribution in [0.3, 0.4) is 0 Å². The first-order valence-corrected chi connectivity index (χ1v) is 14.4. The molecule has 6 rings (SSSR count). The minimum absolute atomic E-state index is 0.276. The van der Waals surface area contributed by atoms with Crippen LogP contribution in [0.5, 0.6) is 5.88 Å². The van der Waals surface area contributed by atoms with E-state index < -0.39 is 0 Å². The molecule has 1 saturated heterocycles. The lowest BCUT2D eigenvalue weighted by Gasteiger charge is -2.38. The third-order valence-electron chi connectivity index (χ3n) is 7.70. The van der Waals surface area contributed by atoms with E-state index in [9.17, 15) is 0 Å². The molecule has 0 aliphatic carbocycles. The SMILES string of the molecule is CC(C)N1CCc2c(nc(-c3ccc(Nc4nccc(OCc5ccccc5)n4)cc3)nc2N2CCOCC2C)C1. The summed E-state index contributed by atoms with van der Waals surface area (Å²) < 4.78 is 11.6. The minimum atomic E-state index is 0.276. The predicted octanol–water partition coefficient (Wildman–Crippen LogP) is 5.25. The van der Waals surface area contributed by atoms with Gasteiger partial charge in [0.2, 0.25) is 11.8 Å². The van der Waals surface area contributed by atoms with Crippen LogP contribution in [-0.2, 0) is 24.3 Å². The average Bonchev–Trinajstić information content (AvgIpc) is 3.00. The Hall–Kier alpha value is -4.08. The molecular formula is C32H37N7O2. The van der Waals surface area contributed by atoms with E-state index in [0.29, 0.717) is 31.1 Å². The normalized spacial score (nSPS) is 17.4. The van der Waals surface area contributed by atoms with Crippen LogP contribution in [0.25, 0.3) is 11.4 Å². The van der Waals surface area contributed by atoms with Crippen molar-refractivity contribution in [2.75, 3.05) is 36.5 Å². The van der Waals surface area contributed by atoms with Crippen LogP contribution in [0.2, 0.25) is 0 Å². The zero-order valence-electron chi connectivity index (χ0n) is 24.0. The lowest BCUT2D eigenvalue weighted by atomic mass is 10.0. The number of aromatic nitrogens is 4. The summed E-state index contributed by atoms with van der Waals surface area (Å²) in [7, 11) is 0. The van der Waals surface area contributed by atoms with Crippen molar-refractivity contribution in [2.24, 2.45) is 0 Å². The lowest BCUT2D eigenvalue weighted by Crippen LogP contribution is -2.45. The summed E-state index contributed by atoms with van der Waals surface area (Å²) in [6.45, 7) is 11.3. The molecule has 9 heteroatoms. The Balaban J connectivity index is 1.22. The molecule has 4 heterocycles. The number of nitrogens with one attached hydrogen (secondary N) is 1. The van der Waals surface area contributed by atoms with Crippen molar-refractivity contribution < 1.29 is 9.47 Å².